The highest BCUT2D eigenvalue weighted by Gasteiger charge is 2.05. The number of aryl methyl sites for hydroxylation is 1. The van der Waals surface area contributed by atoms with Crippen molar-refractivity contribution in [3.05, 3.63) is 65.0 Å². The van der Waals surface area contributed by atoms with Crippen molar-refractivity contribution >= 4 is 41.7 Å². The lowest BCUT2D eigenvalue weighted by Gasteiger charge is -2.14. The largest absolute Gasteiger partial charge is 0.508 e. The van der Waals surface area contributed by atoms with Crippen LogP contribution in [0.4, 0.5) is 4.39 Å². The van der Waals surface area contributed by atoms with Crippen molar-refractivity contribution in [2.24, 2.45) is 4.99 Å². The summed E-state index contributed by atoms with van der Waals surface area (Å²) in [6, 6.07) is 12.2. The van der Waals surface area contributed by atoms with E-state index in [2.05, 4.69) is 15.6 Å². The van der Waals surface area contributed by atoms with Crippen LogP contribution in [0.2, 0.25) is 0 Å². The standard InChI is InChI=1S/C20H26FN3OS.HI/c1-22-20(23-11-3-4-15-5-9-19(25)10-6-15)24-13-16-7-8-18(21)12-17(16)14-26-2;/h5-10,12,25H,3-4,11,13-14H2,1-2H3,(H2,22,23,24);1H. The van der Waals surface area contributed by atoms with Crippen LogP contribution in [0.5, 0.6) is 5.75 Å². The molecule has 0 aliphatic rings. The highest BCUT2D eigenvalue weighted by Crippen LogP contribution is 2.16. The van der Waals surface area contributed by atoms with Crippen LogP contribution in [-0.4, -0.2) is 30.9 Å². The van der Waals surface area contributed by atoms with E-state index in [0.29, 0.717) is 6.54 Å². The van der Waals surface area contributed by atoms with Gasteiger partial charge < -0.3 is 15.7 Å². The Kier molecular flexibility index (Phi) is 11.2. The first-order valence-corrected chi connectivity index (χ1v) is 10.0. The van der Waals surface area contributed by atoms with Gasteiger partial charge in [0.15, 0.2) is 5.96 Å². The van der Waals surface area contributed by atoms with Crippen LogP contribution in [0.3, 0.4) is 0 Å². The predicted molar refractivity (Wildman–Crippen MR) is 124 cm³/mol. The van der Waals surface area contributed by atoms with Crippen molar-refractivity contribution < 1.29 is 9.50 Å². The van der Waals surface area contributed by atoms with E-state index in [0.717, 1.165) is 42.2 Å². The molecule has 0 aliphatic carbocycles. The molecule has 7 heteroatoms. The lowest BCUT2D eigenvalue weighted by Crippen LogP contribution is -2.37. The molecule has 4 nitrogen and oxygen atoms in total. The lowest BCUT2D eigenvalue weighted by atomic mass is 10.1. The molecule has 0 heterocycles. The topological polar surface area (TPSA) is 56.7 Å². The molecular weight excluding hydrogens is 476 g/mol. The maximum absolute atomic E-state index is 13.4. The number of phenols is 1. The number of nitrogens with zero attached hydrogens (tertiary/aromatic N) is 1. The molecule has 0 amide bonds. The average Bonchev–Trinajstić information content (AvgIpc) is 2.64. The SMILES string of the molecule is CN=C(NCCCc1ccc(O)cc1)NCc1ccc(F)cc1CSC.I. The molecule has 0 atom stereocenters. The zero-order chi connectivity index (χ0) is 18.8. The molecule has 0 fully saturated rings. The second-order valence-electron chi connectivity index (χ2n) is 5.97. The number of phenolic OH excluding ortho intramolecular Hbond substituents is 1. The molecular formula is C20H27FIN3OS. The number of aliphatic imine (C=N–C) groups is 1. The van der Waals surface area contributed by atoms with E-state index in [1.54, 1.807) is 37.0 Å². The van der Waals surface area contributed by atoms with Gasteiger partial charge in [-0.1, -0.05) is 18.2 Å². The van der Waals surface area contributed by atoms with E-state index < -0.39 is 0 Å². The number of aromatic hydroxyl groups is 1. The van der Waals surface area contributed by atoms with Crippen LogP contribution >= 0.6 is 35.7 Å². The summed E-state index contributed by atoms with van der Waals surface area (Å²) in [6.45, 7) is 1.40. The second-order valence-corrected chi connectivity index (χ2v) is 6.83. The Bertz CT molecular complexity index is 726. The normalized spacial score (nSPS) is 11.0. The van der Waals surface area contributed by atoms with Crippen LogP contribution < -0.4 is 10.6 Å². The molecule has 27 heavy (non-hydrogen) atoms. The minimum atomic E-state index is -0.200. The van der Waals surface area contributed by atoms with Gasteiger partial charge in [0.1, 0.15) is 11.6 Å². The number of thioether (sulfide) groups is 1. The first-order valence-electron chi connectivity index (χ1n) is 8.61. The fraction of sp³-hybridized carbons (Fsp3) is 0.350. The summed E-state index contributed by atoms with van der Waals surface area (Å²) in [5, 5.41) is 15.9. The molecule has 2 aromatic rings. The molecule has 0 aliphatic heterocycles. The molecule has 0 saturated carbocycles. The van der Waals surface area contributed by atoms with Gasteiger partial charge in [-0.15, -0.1) is 24.0 Å². The van der Waals surface area contributed by atoms with E-state index in [4.69, 9.17) is 0 Å². The Balaban J connectivity index is 0.00000364. The maximum atomic E-state index is 13.4. The Morgan fingerprint density at radius 1 is 1.11 bits per heavy atom. The molecule has 148 valence electrons. The van der Waals surface area contributed by atoms with Crippen LogP contribution in [-0.2, 0) is 18.7 Å². The number of benzene rings is 2. The maximum Gasteiger partial charge on any atom is 0.191 e. The van der Waals surface area contributed by atoms with Crippen molar-refractivity contribution in [2.75, 3.05) is 19.8 Å². The average molecular weight is 503 g/mol. The molecule has 2 rings (SSSR count). The zero-order valence-electron chi connectivity index (χ0n) is 15.7. The van der Waals surface area contributed by atoms with Gasteiger partial charge in [0, 0.05) is 25.9 Å². The van der Waals surface area contributed by atoms with Gasteiger partial charge in [-0.2, -0.15) is 11.8 Å². The van der Waals surface area contributed by atoms with E-state index in [-0.39, 0.29) is 35.5 Å². The van der Waals surface area contributed by atoms with Gasteiger partial charge in [-0.05, 0) is 60.1 Å². The van der Waals surface area contributed by atoms with E-state index in [1.807, 2.05) is 24.5 Å². The summed E-state index contributed by atoms with van der Waals surface area (Å²) in [4.78, 5) is 4.23. The number of halogens is 2. The van der Waals surface area contributed by atoms with Gasteiger partial charge >= 0.3 is 0 Å². The van der Waals surface area contributed by atoms with Crippen molar-refractivity contribution in [3.8, 4) is 5.75 Å². The number of nitrogens with one attached hydrogen (secondary N) is 2. The Morgan fingerprint density at radius 2 is 1.85 bits per heavy atom. The van der Waals surface area contributed by atoms with Crippen LogP contribution in [0.1, 0.15) is 23.1 Å². The number of hydrogen-bond donors (Lipinski definition) is 3. The van der Waals surface area contributed by atoms with Gasteiger partial charge in [0.25, 0.3) is 0 Å². The summed E-state index contributed by atoms with van der Waals surface area (Å²) in [7, 11) is 1.74. The third kappa shape index (κ3) is 8.38. The minimum absolute atomic E-state index is 0. The van der Waals surface area contributed by atoms with Crippen molar-refractivity contribution in [1.29, 1.82) is 0 Å². The van der Waals surface area contributed by atoms with E-state index in [1.165, 1.54) is 11.6 Å². The van der Waals surface area contributed by atoms with E-state index in [9.17, 15) is 9.50 Å². The van der Waals surface area contributed by atoms with Gasteiger partial charge in [0.2, 0.25) is 0 Å². The molecule has 2 aromatic carbocycles. The molecule has 0 unspecified atom stereocenters. The summed E-state index contributed by atoms with van der Waals surface area (Å²) in [5.41, 5.74) is 3.28. The van der Waals surface area contributed by atoms with Gasteiger partial charge in [-0.25, -0.2) is 4.39 Å². The summed E-state index contributed by atoms with van der Waals surface area (Å²) >= 11 is 1.68. The fourth-order valence-corrected chi connectivity index (χ4v) is 3.20. The summed E-state index contributed by atoms with van der Waals surface area (Å²) < 4.78 is 13.4. The number of hydrogen-bond acceptors (Lipinski definition) is 3. The first kappa shape index (κ1) is 23.6. The Labute approximate surface area is 182 Å². The second kappa shape index (κ2) is 12.8. The third-order valence-electron chi connectivity index (χ3n) is 4.01. The van der Waals surface area contributed by atoms with Gasteiger partial charge in [0.05, 0.1) is 0 Å². The van der Waals surface area contributed by atoms with Crippen molar-refractivity contribution in [3.63, 3.8) is 0 Å². The quantitative estimate of drug-likeness (QED) is 0.218. The van der Waals surface area contributed by atoms with Crippen LogP contribution in [0, 0.1) is 5.82 Å². The highest BCUT2D eigenvalue weighted by atomic mass is 127. The summed E-state index contributed by atoms with van der Waals surface area (Å²) in [5.74, 6) is 1.61. The minimum Gasteiger partial charge on any atom is -0.508 e. The zero-order valence-corrected chi connectivity index (χ0v) is 18.8. The molecule has 0 spiro atoms. The van der Waals surface area contributed by atoms with Crippen molar-refractivity contribution in [1.82, 2.24) is 10.6 Å². The first-order chi connectivity index (χ1) is 12.6. The highest BCUT2D eigenvalue weighted by molar-refractivity contribution is 14.0. The molecule has 0 bridgehead atoms. The third-order valence-corrected chi connectivity index (χ3v) is 4.61. The van der Waals surface area contributed by atoms with Crippen LogP contribution in [0.25, 0.3) is 0 Å². The smallest absolute Gasteiger partial charge is 0.191 e. The number of guanidine groups is 1. The predicted octanol–water partition coefficient (Wildman–Crippen LogP) is 4.31. The molecule has 3 N–H and O–H groups in total. The fourth-order valence-electron chi connectivity index (χ4n) is 2.62. The van der Waals surface area contributed by atoms with Gasteiger partial charge in [-0.3, -0.25) is 4.99 Å². The monoisotopic (exact) mass is 503 g/mol. The Hall–Kier alpha value is -1.48. The lowest BCUT2D eigenvalue weighted by molar-refractivity contribution is 0.475. The number of rotatable bonds is 8. The van der Waals surface area contributed by atoms with Crippen molar-refractivity contribution in [2.45, 2.75) is 25.1 Å². The van der Waals surface area contributed by atoms with Crippen LogP contribution in [0.15, 0.2) is 47.5 Å². The molecule has 0 saturated heterocycles. The van der Waals surface area contributed by atoms with E-state index >= 15 is 0 Å². The summed E-state index contributed by atoms with van der Waals surface area (Å²) in [6.07, 6.45) is 3.90. The Morgan fingerprint density at radius 3 is 2.52 bits per heavy atom. The molecule has 0 radical (unpaired) electrons. The molecule has 0 aromatic heterocycles.